The van der Waals surface area contributed by atoms with Gasteiger partial charge in [0.2, 0.25) is 11.1 Å². The molecule has 8 heteroatoms. The van der Waals surface area contributed by atoms with E-state index in [0.717, 1.165) is 19.0 Å². The average Bonchev–Trinajstić information content (AvgIpc) is 3.09. The van der Waals surface area contributed by atoms with E-state index in [1.54, 1.807) is 0 Å². The van der Waals surface area contributed by atoms with Crippen molar-refractivity contribution < 1.29 is 10.0 Å². The van der Waals surface area contributed by atoms with Crippen LogP contribution in [0.3, 0.4) is 0 Å². The van der Waals surface area contributed by atoms with Crippen molar-refractivity contribution in [1.29, 1.82) is 0 Å². The molecule has 0 amide bonds. The first-order valence-corrected chi connectivity index (χ1v) is 5.54. The fourth-order valence-electron chi connectivity index (χ4n) is 1.47. The minimum atomic E-state index is -0.595. The topological polar surface area (TPSA) is 101 Å². The molecule has 1 aliphatic carbocycles. The van der Waals surface area contributed by atoms with Crippen LogP contribution in [0.25, 0.3) is 0 Å². The van der Waals surface area contributed by atoms with Gasteiger partial charge in [-0.05, 0) is 30.4 Å². The highest BCUT2D eigenvalue weighted by molar-refractivity contribution is 6.28. The number of halogens is 1. The molecule has 0 aliphatic heterocycles. The molecule has 0 bridgehead atoms. The lowest BCUT2D eigenvalue weighted by Crippen LogP contribution is -2.22. The molecule has 0 aromatic carbocycles. The summed E-state index contributed by atoms with van der Waals surface area (Å²) in [5.41, 5.74) is -0.252. The molecule has 1 aromatic rings. The van der Waals surface area contributed by atoms with Crippen molar-refractivity contribution in [2.45, 2.75) is 18.9 Å². The molecule has 1 aromatic heterocycles. The van der Waals surface area contributed by atoms with Crippen LogP contribution in [0.4, 0.5) is 11.5 Å². The molecule has 7 nitrogen and oxygen atoms in total. The molecule has 0 spiro atoms. The number of rotatable bonds is 5. The Morgan fingerprint density at radius 1 is 1.71 bits per heavy atom. The summed E-state index contributed by atoms with van der Waals surface area (Å²) in [4.78, 5) is 17.4. The van der Waals surface area contributed by atoms with Crippen molar-refractivity contribution in [1.82, 2.24) is 9.97 Å². The van der Waals surface area contributed by atoms with Gasteiger partial charge in [0.25, 0.3) is 0 Å². The Hall–Kier alpha value is -1.47. The standard InChI is InChI=1S/C9H11ClN4O3/c10-9-12-3-6(14(16)17)8(13-9)11-4-7(15)5-1-2-5/h3,5,7,15H,1-2,4H2,(H,11,12,13). The molecule has 0 saturated heterocycles. The van der Waals surface area contributed by atoms with E-state index in [1.165, 1.54) is 0 Å². The van der Waals surface area contributed by atoms with Crippen molar-refractivity contribution >= 4 is 23.1 Å². The summed E-state index contributed by atoms with van der Waals surface area (Å²) in [5, 5.41) is 23.0. The lowest BCUT2D eigenvalue weighted by atomic mass is 10.2. The third kappa shape index (κ3) is 3.01. The van der Waals surface area contributed by atoms with Crippen LogP contribution in [0.5, 0.6) is 0 Å². The number of aromatic nitrogens is 2. The van der Waals surface area contributed by atoms with Gasteiger partial charge >= 0.3 is 5.69 Å². The smallest absolute Gasteiger partial charge is 0.329 e. The number of anilines is 1. The van der Waals surface area contributed by atoms with Crippen LogP contribution >= 0.6 is 11.6 Å². The highest BCUT2D eigenvalue weighted by Crippen LogP contribution is 2.33. The van der Waals surface area contributed by atoms with E-state index >= 15 is 0 Å². The predicted octanol–water partition coefficient (Wildman–Crippen LogP) is 1.22. The maximum Gasteiger partial charge on any atom is 0.329 e. The molecule has 92 valence electrons. The Bertz CT molecular complexity index is 438. The monoisotopic (exact) mass is 258 g/mol. The molecule has 17 heavy (non-hydrogen) atoms. The van der Waals surface area contributed by atoms with E-state index in [4.69, 9.17) is 11.6 Å². The number of aliphatic hydroxyl groups excluding tert-OH is 1. The third-order valence-corrected chi connectivity index (χ3v) is 2.76. The van der Waals surface area contributed by atoms with Crippen molar-refractivity contribution in [3.8, 4) is 0 Å². The maximum absolute atomic E-state index is 10.7. The van der Waals surface area contributed by atoms with Gasteiger partial charge in [-0.15, -0.1) is 0 Å². The number of hydrogen-bond acceptors (Lipinski definition) is 6. The van der Waals surface area contributed by atoms with E-state index < -0.39 is 11.0 Å². The first kappa shape index (κ1) is 12.0. The van der Waals surface area contributed by atoms with Crippen LogP contribution in [-0.2, 0) is 0 Å². The summed E-state index contributed by atoms with van der Waals surface area (Å²) < 4.78 is 0. The zero-order chi connectivity index (χ0) is 12.4. The van der Waals surface area contributed by atoms with Crippen LogP contribution in [-0.4, -0.2) is 32.6 Å². The summed E-state index contributed by atoms with van der Waals surface area (Å²) in [7, 11) is 0. The van der Waals surface area contributed by atoms with Gasteiger partial charge in [-0.3, -0.25) is 10.1 Å². The summed E-state index contributed by atoms with van der Waals surface area (Å²) in [6.45, 7) is 0.221. The van der Waals surface area contributed by atoms with Gasteiger partial charge in [-0.2, -0.15) is 4.98 Å². The van der Waals surface area contributed by atoms with Crippen LogP contribution in [0.1, 0.15) is 12.8 Å². The SMILES string of the molecule is O=[N+]([O-])c1cnc(Cl)nc1NCC(O)C1CC1. The number of nitrogens with one attached hydrogen (secondary N) is 1. The summed E-state index contributed by atoms with van der Waals surface area (Å²) in [6.07, 6.45) is 2.52. The molecule has 2 rings (SSSR count). The molecule has 1 atom stereocenters. The van der Waals surface area contributed by atoms with Crippen molar-refractivity contribution in [3.05, 3.63) is 21.6 Å². The van der Waals surface area contributed by atoms with Crippen LogP contribution < -0.4 is 5.32 Å². The van der Waals surface area contributed by atoms with Gasteiger partial charge < -0.3 is 10.4 Å². The fourth-order valence-corrected chi connectivity index (χ4v) is 1.60. The first-order valence-electron chi connectivity index (χ1n) is 5.17. The maximum atomic E-state index is 10.7. The Labute approximate surface area is 102 Å². The largest absolute Gasteiger partial charge is 0.391 e. The van der Waals surface area contributed by atoms with Gasteiger partial charge in [0, 0.05) is 6.54 Å². The second-order valence-corrected chi connectivity index (χ2v) is 4.25. The Kier molecular flexibility index (Phi) is 3.39. The zero-order valence-electron chi connectivity index (χ0n) is 8.84. The molecule has 2 N–H and O–H groups in total. The quantitative estimate of drug-likeness (QED) is 0.468. The van der Waals surface area contributed by atoms with E-state index in [-0.39, 0.29) is 23.3 Å². The van der Waals surface area contributed by atoms with Crippen molar-refractivity contribution in [2.24, 2.45) is 5.92 Å². The molecule has 1 heterocycles. The molecule has 1 aliphatic rings. The lowest BCUT2D eigenvalue weighted by molar-refractivity contribution is -0.384. The molecular weight excluding hydrogens is 248 g/mol. The minimum absolute atomic E-state index is 0.0368. The Morgan fingerprint density at radius 3 is 3.00 bits per heavy atom. The van der Waals surface area contributed by atoms with E-state index in [0.29, 0.717) is 5.92 Å². The van der Waals surface area contributed by atoms with Gasteiger partial charge in [0.05, 0.1) is 11.0 Å². The lowest BCUT2D eigenvalue weighted by Gasteiger charge is -2.10. The molecule has 0 radical (unpaired) electrons. The van der Waals surface area contributed by atoms with Crippen LogP contribution in [0.15, 0.2) is 6.20 Å². The summed E-state index contributed by atoms with van der Waals surface area (Å²) in [6, 6.07) is 0. The highest BCUT2D eigenvalue weighted by Gasteiger charge is 2.30. The van der Waals surface area contributed by atoms with Gasteiger partial charge in [-0.1, -0.05) is 0 Å². The predicted molar refractivity (Wildman–Crippen MR) is 60.9 cm³/mol. The number of nitro groups is 1. The van der Waals surface area contributed by atoms with Gasteiger partial charge in [0.15, 0.2) is 0 Å². The minimum Gasteiger partial charge on any atom is -0.391 e. The fraction of sp³-hybridized carbons (Fsp3) is 0.556. The highest BCUT2D eigenvalue weighted by atomic mass is 35.5. The number of nitrogens with zero attached hydrogens (tertiary/aromatic N) is 3. The van der Waals surface area contributed by atoms with E-state index in [1.807, 2.05) is 0 Å². The Balaban J connectivity index is 2.07. The summed E-state index contributed by atoms with van der Waals surface area (Å²) >= 11 is 5.56. The van der Waals surface area contributed by atoms with E-state index in [9.17, 15) is 15.2 Å². The Morgan fingerprint density at radius 2 is 2.41 bits per heavy atom. The van der Waals surface area contributed by atoms with Crippen LogP contribution in [0, 0.1) is 16.0 Å². The first-order chi connectivity index (χ1) is 8.08. The number of aliphatic hydroxyl groups is 1. The van der Waals surface area contributed by atoms with Gasteiger partial charge in [0.1, 0.15) is 6.20 Å². The second kappa shape index (κ2) is 4.80. The molecule has 1 fully saturated rings. The summed E-state index contributed by atoms with van der Waals surface area (Å²) in [5.74, 6) is 0.327. The molecule has 1 saturated carbocycles. The number of hydrogen-bond donors (Lipinski definition) is 2. The molecule has 1 unspecified atom stereocenters. The second-order valence-electron chi connectivity index (χ2n) is 3.92. The van der Waals surface area contributed by atoms with Gasteiger partial charge in [-0.25, -0.2) is 4.98 Å². The van der Waals surface area contributed by atoms with Crippen molar-refractivity contribution in [3.63, 3.8) is 0 Å². The third-order valence-electron chi connectivity index (χ3n) is 2.58. The molecular formula is C9H11ClN4O3. The normalized spacial score (nSPS) is 16.6. The van der Waals surface area contributed by atoms with Crippen LogP contribution in [0.2, 0.25) is 5.28 Å². The van der Waals surface area contributed by atoms with Crippen molar-refractivity contribution in [2.75, 3.05) is 11.9 Å². The average molecular weight is 259 g/mol. The van der Waals surface area contributed by atoms with E-state index in [2.05, 4.69) is 15.3 Å². The zero-order valence-corrected chi connectivity index (χ0v) is 9.59.